The van der Waals surface area contributed by atoms with E-state index in [1.807, 2.05) is 0 Å². The number of fused-ring (bicyclic) bond motifs is 2. The molecule has 3 saturated heterocycles. The molecule has 3 heterocycles. The van der Waals surface area contributed by atoms with Crippen molar-refractivity contribution in [2.24, 2.45) is 5.92 Å². The number of carbonyl (C=O) groups excluding carboxylic acids is 2. The predicted molar refractivity (Wildman–Crippen MR) is 88.1 cm³/mol. The van der Waals surface area contributed by atoms with Crippen LogP contribution in [0.5, 0.6) is 0 Å². The van der Waals surface area contributed by atoms with E-state index in [2.05, 4.69) is 15.1 Å². The summed E-state index contributed by atoms with van der Waals surface area (Å²) in [6, 6.07) is -2.01. The van der Waals surface area contributed by atoms with Gasteiger partial charge in [-0.05, 0) is 31.7 Å². The van der Waals surface area contributed by atoms with Crippen LogP contribution in [0.4, 0.5) is 4.79 Å². The first-order valence-corrected chi connectivity index (χ1v) is 10.2. The fraction of sp³-hybridized carbons (Fsp3) is 0.846. The van der Waals surface area contributed by atoms with Gasteiger partial charge in [-0.25, -0.2) is 10.3 Å². The van der Waals surface area contributed by atoms with Crippen LogP contribution in [0, 0.1) is 5.92 Å². The second-order valence-corrected chi connectivity index (χ2v) is 7.96. The maximum atomic E-state index is 12.3. The fourth-order valence-corrected chi connectivity index (χ4v) is 4.16. The molecule has 3 aliphatic heterocycles. The first kappa shape index (κ1) is 19.6. The van der Waals surface area contributed by atoms with Gasteiger partial charge < -0.3 is 10.2 Å². The molecule has 13 heteroatoms. The summed E-state index contributed by atoms with van der Waals surface area (Å²) in [6.45, 7) is 1.22. The topological polar surface area (TPSA) is 138 Å². The number of hydroxylamine groups is 3. The summed E-state index contributed by atoms with van der Waals surface area (Å²) in [5, 5.41) is 3.84. The number of hydrogen-bond donors (Lipinski definition) is 3. The van der Waals surface area contributed by atoms with Crippen molar-refractivity contribution in [3.63, 3.8) is 0 Å². The lowest BCUT2D eigenvalue weighted by atomic mass is 10.0. The van der Waals surface area contributed by atoms with Crippen LogP contribution < -0.4 is 10.8 Å². The Bertz CT molecular complexity index is 663. The Hall–Kier alpha value is -1.18. The van der Waals surface area contributed by atoms with E-state index in [0.717, 1.165) is 13.0 Å². The third kappa shape index (κ3) is 4.38. The van der Waals surface area contributed by atoms with Gasteiger partial charge in [-0.2, -0.15) is 13.5 Å². The molecule has 3 amide bonds. The van der Waals surface area contributed by atoms with E-state index in [9.17, 15) is 18.0 Å². The highest BCUT2D eigenvalue weighted by atomic mass is 35.5. The van der Waals surface area contributed by atoms with Crippen molar-refractivity contribution in [3.05, 3.63) is 0 Å². The monoisotopic (exact) mass is 412 g/mol. The van der Waals surface area contributed by atoms with Crippen LogP contribution in [0.1, 0.15) is 19.3 Å². The van der Waals surface area contributed by atoms with Crippen molar-refractivity contribution in [2.75, 3.05) is 25.6 Å². The molecule has 2 bridgehead atoms. The summed E-state index contributed by atoms with van der Waals surface area (Å²) in [5.74, 6) is 0.461. The van der Waals surface area contributed by atoms with Gasteiger partial charge in [0.2, 0.25) is 0 Å². The fourth-order valence-electron chi connectivity index (χ4n) is 3.53. The van der Waals surface area contributed by atoms with Gasteiger partial charge in [-0.3, -0.25) is 14.2 Å². The number of alkyl halides is 1. The molecule has 26 heavy (non-hydrogen) atoms. The molecule has 0 spiro atoms. The largest absolute Gasteiger partial charge is 0.418 e. The highest BCUT2D eigenvalue weighted by molar-refractivity contribution is 7.80. The summed E-state index contributed by atoms with van der Waals surface area (Å²) >= 11 is 5.81. The summed E-state index contributed by atoms with van der Waals surface area (Å²) in [4.78, 5) is 31.0. The van der Waals surface area contributed by atoms with E-state index in [0.29, 0.717) is 29.7 Å². The van der Waals surface area contributed by atoms with Crippen molar-refractivity contribution < 1.29 is 31.7 Å². The highest BCUT2D eigenvalue weighted by Gasteiger charge is 2.49. The van der Waals surface area contributed by atoms with Gasteiger partial charge in [0.25, 0.3) is 5.91 Å². The Balaban J connectivity index is 1.49. The van der Waals surface area contributed by atoms with Gasteiger partial charge in [0.15, 0.2) is 0 Å². The van der Waals surface area contributed by atoms with Crippen molar-refractivity contribution in [1.29, 1.82) is 0 Å². The van der Waals surface area contributed by atoms with Crippen molar-refractivity contribution in [2.45, 2.75) is 37.4 Å². The molecule has 3 rings (SSSR count). The molecule has 148 valence electrons. The molecular weight excluding hydrogens is 392 g/mol. The van der Waals surface area contributed by atoms with Gasteiger partial charge in [0.1, 0.15) is 6.04 Å². The molecule has 3 fully saturated rings. The second kappa shape index (κ2) is 7.82. The van der Waals surface area contributed by atoms with Crippen LogP contribution >= 0.6 is 11.6 Å². The second-order valence-electron chi connectivity index (χ2n) is 6.65. The molecule has 0 aromatic heterocycles. The summed E-state index contributed by atoms with van der Waals surface area (Å²) in [5.41, 5.74) is 2.35. The molecule has 11 nitrogen and oxygen atoms in total. The number of rotatable bonds is 7. The van der Waals surface area contributed by atoms with Crippen LogP contribution in [0.25, 0.3) is 0 Å². The summed E-state index contributed by atoms with van der Waals surface area (Å²) in [6.07, 6.45) is 1.54. The standard InChI is InChI=1S/C13H21ClN4O7S/c14-4-8-3-9(15-5-8)7-24-16-12(19)11-2-1-10-6-17(11)13(20)18(10)25-26(21,22)23/h8-11,15H,1-7H2,(H,16,19)(H,21,22,23)/t8-,9-,10+,11-/m0/s1. The van der Waals surface area contributed by atoms with E-state index in [4.69, 9.17) is 21.0 Å². The number of urea groups is 1. The van der Waals surface area contributed by atoms with Gasteiger partial charge in [-0.1, -0.05) is 0 Å². The summed E-state index contributed by atoms with van der Waals surface area (Å²) in [7, 11) is -4.81. The maximum absolute atomic E-state index is 12.3. The van der Waals surface area contributed by atoms with Crippen LogP contribution in [0.3, 0.4) is 0 Å². The van der Waals surface area contributed by atoms with Gasteiger partial charge in [-0.15, -0.1) is 15.9 Å². The number of nitrogens with zero attached hydrogens (tertiary/aromatic N) is 2. The number of nitrogens with one attached hydrogen (secondary N) is 2. The van der Waals surface area contributed by atoms with Gasteiger partial charge >= 0.3 is 16.4 Å². The Labute approximate surface area is 155 Å². The van der Waals surface area contributed by atoms with Crippen molar-refractivity contribution in [1.82, 2.24) is 20.8 Å². The first-order valence-electron chi connectivity index (χ1n) is 8.26. The first-order chi connectivity index (χ1) is 12.3. The van der Waals surface area contributed by atoms with Crippen molar-refractivity contribution in [3.8, 4) is 0 Å². The molecule has 0 aromatic rings. The van der Waals surface area contributed by atoms with Gasteiger partial charge in [0, 0.05) is 18.5 Å². The number of piperidine rings is 1. The highest BCUT2D eigenvalue weighted by Crippen LogP contribution is 2.30. The molecule has 0 aromatic carbocycles. The molecule has 4 atom stereocenters. The Morgan fingerprint density at radius 3 is 2.85 bits per heavy atom. The maximum Gasteiger partial charge on any atom is 0.418 e. The Morgan fingerprint density at radius 1 is 1.42 bits per heavy atom. The minimum atomic E-state index is -4.81. The van der Waals surface area contributed by atoms with E-state index in [1.54, 1.807) is 0 Å². The number of amides is 3. The van der Waals surface area contributed by atoms with Crippen LogP contribution in [0.2, 0.25) is 0 Å². The Morgan fingerprint density at radius 2 is 2.19 bits per heavy atom. The Kier molecular flexibility index (Phi) is 5.89. The quantitative estimate of drug-likeness (QED) is 0.282. The third-order valence-corrected chi connectivity index (χ3v) is 5.57. The lowest BCUT2D eigenvalue weighted by Crippen LogP contribution is -2.50. The van der Waals surface area contributed by atoms with E-state index >= 15 is 0 Å². The zero-order chi connectivity index (χ0) is 18.9. The predicted octanol–water partition coefficient (Wildman–Crippen LogP) is -0.746. The van der Waals surface area contributed by atoms with E-state index < -0.39 is 34.4 Å². The smallest absolute Gasteiger partial charge is 0.311 e. The molecule has 0 radical (unpaired) electrons. The minimum Gasteiger partial charge on any atom is -0.311 e. The number of halogens is 1. The van der Waals surface area contributed by atoms with E-state index in [1.165, 1.54) is 4.90 Å². The normalized spacial score (nSPS) is 31.5. The van der Waals surface area contributed by atoms with Crippen molar-refractivity contribution >= 4 is 33.9 Å². The zero-order valence-electron chi connectivity index (χ0n) is 13.8. The van der Waals surface area contributed by atoms with Gasteiger partial charge in [0.05, 0.1) is 12.6 Å². The van der Waals surface area contributed by atoms with Crippen LogP contribution in [-0.4, -0.2) is 78.6 Å². The third-order valence-electron chi connectivity index (χ3n) is 4.79. The number of hydrogen-bond acceptors (Lipinski definition) is 7. The average molecular weight is 413 g/mol. The van der Waals surface area contributed by atoms with Crippen LogP contribution in [0.15, 0.2) is 0 Å². The molecule has 0 unspecified atom stereocenters. The molecule has 3 aliphatic rings. The van der Waals surface area contributed by atoms with E-state index in [-0.39, 0.29) is 19.2 Å². The van der Waals surface area contributed by atoms with Crippen LogP contribution in [-0.2, 0) is 24.3 Å². The molecule has 0 aliphatic carbocycles. The number of carbonyl (C=O) groups is 2. The zero-order valence-corrected chi connectivity index (χ0v) is 15.4. The summed E-state index contributed by atoms with van der Waals surface area (Å²) < 4.78 is 34.8. The average Bonchev–Trinajstić information content (AvgIpc) is 3.13. The lowest BCUT2D eigenvalue weighted by Gasteiger charge is -2.29. The lowest BCUT2D eigenvalue weighted by molar-refractivity contribution is -0.139. The molecular formula is C13H21ClN4O7S. The molecule has 3 N–H and O–H groups in total. The molecule has 0 saturated carbocycles. The SMILES string of the molecule is O=C(NOC[C@@H]1C[C@@H](CCl)CN1)[C@@H]1CC[C@@H]2CN1C(=O)N2OS(=O)(=O)O. The minimum absolute atomic E-state index is 0.0989.